The van der Waals surface area contributed by atoms with Crippen LogP contribution >= 0.6 is 0 Å². The van der Waals surface area contributed by atoms with E-state index in [9.17, 15) is 4.79 Å². The van der Waals surface area contributed by atoms with Crippen molar-refractivity contribution in [1.82, 2.24) is 5.32 Å². The maximum atomic E-state index is 12.1. The molecule has 1 aromatic rings. The van der Waals surface area contributed by atoms with Crippen LogP contribution in [0.15, 0.2) is 24.3 Å². The van der Waals surface area contributed by atoms with Crippen LogP contribution in [0.5, 0.6) is 5.75 Å². The highest BCUT2D eigenvalue weighted by Crippen LogP contribution is 2.17. The van der Waals surface area contributed by atoms with Crippen molar-refractivity contribution in [3.8, 4) is 5.75 Å². The van der Waals surface area contributed by atoms with Gasteiger partial charge in [-0.2, -0.15) is 0 Å². The van der Waals surface area contributed by atoms with Crippen molar-refractivity contribution in [3.63, 3.8) is 0 Å². The van der Waals surface area contributed by atoms with E-state index >= 15 is 0 Å². The van der Waals surface area contributed by atoms with Gasteiger partial charge in [-0.3, -0.25) is 10.1 Å². The lowest BCUT2D eigenvalue weighted by Gasteiger charge is -2.30. The van der Waals surface area contributed by atoms with Crippen molar-refractivity contribution in [2.75, 3.05) is 13.2 Å². The maximum absolute atomic E-state index is 12.1. The maximum Gasteiger partial charge on any atom is 0.326 e. The number of hydrogen-bond acceptors (Lipinski definition) is 4. The molecule has 0 aliphatic heterocycles. The minimum Gasteiger partial charge on any atom is -0.494 e. The van der Waals surface area contributed by atoms with Crippen molar-refractivity contribution < 1.29 is 14.3 Å². The van der Waals surface area contributed by atoms with Gasteiger partial charge in [-0.25, -0.2) is 0 Å². The summed E-state index contributed by atoms with van der Waals surface area (Å²) in [4.78, 5) is 12.1. The van der Waals surface area contributed by atoms with E-state index in [1.807, 2.05) is 58.9 Å². The van der Waals surface area contributed by atoms with Crippen LogP contribution in [0.4, 0.5) is 0 Å². The van der Waals surface area contributed by atoms with E-state index in [2.05, 4.69) is 5.32 Å². The van der Waals surface area contributed by atoms with Gasteiger partial charge in [0.2, 0.25) is 0 Å². The molecule has 21 heavy (non-hydrogen) atoms. The zero-order valence-electron chi connectivity index (χ0n) is 13.7. The van der Waals surface area contributed by atoms with Gasteiger partial charge in [0.15, 0.2) is 0 Å². The standard InChI is InChI=1S/C17H27NO3/c1-6-20-16(19)17(5,18-13(2)3)11-12-21-15-9-7-14(4)8-10-15/h7-10,13,18H,6,11-12H2,1-5H3. The Morgan fingerprint density at radius 3 is 2.43 bits per heavy atom. The molecule has 0 radical (unpaired) electrons. The molecule has 0 heterocycles. The van der Waals surface area contributed by atoms with Crippen LogP contribution < -0.4 is 10.1 Å². The Morgan fingerprint density at radius 1 is 1.29 bits per heavy atom. The molecular weight excluding hydrogens is 266 g/mol. The molecule has 0 saturated heterocycles. The van der Waals surface area contributed by atoms with Crippen molar-refractivity contribution >= 4 is 5.97 Å². The van der Waals surface area contributed by atoms with Gasteiger partial charge in [-0.15, -0.1) is 0 Å². The minimum atomic E-state index is -0.727. The zero-order valence-corrected chi connectivity index (χ0v) is 13.7. The fourth-order valence-electron chi connectivity index (χ4n) is 2.17. The summed E-state index contributed by atoms with van der Waals surface area (Å²) in [6.45, 7) is 10.6. The number of benzene rings is 1. The van der Waals surface area contributed by atoms with Gasteiger partial charge < -0.3 is 9.47 Å². The molecule has 0 fully saturated rings. The van der Waals surface area contributed by atoms with Crippen LogP contribution in [0, 0.1) is 6.92 Å². The van der Waals surface area contributed by atoms with E-state index < -0.39 is 5.54 Å². The van der Waals surface area contributed by atoms with Gasteiger partial charge in [-0.1, -0.05) is 17.7 Å². The summed E-state index contributed by atoms with van der Waals surface area (Å²) in [5, 5.41) is 3.28. The predicted octanol–water partition coefficient (Wildman–Crippen LogP) is 3.08. The zero-order chi connectivity index (χ0) is 15.9. The van der Waals surface area contributed by atoms with Crippen molar-refractivity contribution in [2.24, 2.45) is 0 Å². The Kier molecular flexibility index (Phi) is 6.69. The van der Waals surface area contributed by atoms with E-state index in [0.29, 0.717) is 19.6 Å². The smallest absolute Gasteiger partial charge is 0.326 e. The van der Waals surface area contributed by atoms with Crippen LogP contribution in [-0.2, 0) is 9.53 Å². The first-order valence-corrected chi connectivity index (χ1v) is 7.52. The molecule has 0 amide bonds. The number of hydrogen-bond donors (Lipinski definition) is 1. The largest absolute Gasteiger partial charge is 0.494 e. The van der Waals surface area contributed by atoms with E-state index in [1.54, 1.807) is 0 Å². The molecule has 0 bridgehead atoms. The SMILES string of the molecule is CCOC(=O)C(C)(CCOc1ccc(C)cc1)NC(C)C. The lowest BCUT2D eigenvalue weighted by molar-refractivity contribution is -0.151. The highest BCUT2D eigenvalue weighted by Gasteiger charge is 2.35. The highest BCUT2D eigenvalue weighted by molar-refractivity contribution is 5.80. The number of nitrogens with one attached hydrogen (secondary N) is 1. The summed E-state index contributed by atoms with van der Waals surface area (Å²) in [7, 11) is 0. The number of rotatable bonds is 8. The Hall–Kier alpha value is -1.55. The van der Waals surface area contributed by atoms with E-state index in [4.69, 9.17) is 9.47 Å². The quantitative estimate of drug-likeness (QED) is 0.748. The highest BCUT2D eigenvalue weighted by atomic mass is 16.5. The van der Waals surface area contributed by atoms with E-state index in [0.717, 1.165) is 5.75 Å². The fourth-order valence-corrected chi connectivity index (χ4v) is 2.17. The molecule has 0 aliphatic rings. The van der Waals surface area contributed by atoms with Gasteiger partial charge in [0.05, 0.1) is 13.2 Å². The van der Waals surface area contributed by atoms with E-state index in [1.165, 1.54) is 5.56 Å². The average molecular weight is 293 g/mol. The molecule has 0 aliphatic carbocycles. The third-order valence-electron chi connectivity index (χ3n) is 3.22. The first-order valence-electron chi connectivity index (χ1n) is 7.52. The molecule has 1 aromatic carbocycles. The summed E-state index contributed by atoms with van der Waals surface area (Å²) >= 11 is 0. The second kappa shape index (κ2) is 8.03. The Morgan fingerprint density at radius 2 is 1.90 bits per heavy atom. The second-order valence-electron chi connectivity index (χ2n) is 5.76. The van der Waals surface area contributed by atoms with Gasteiger partial charge >= 0.3 is 5.97 Å². The molecule has 0 spiro atoms. The van der Waals surface area contributed by atoms with Crippen LogP contribution in [0.3, 0.4) is 0 Å². The number of carbonyl (C=O) groups is 1. The third kappa shape index (κ3) is 5.76. The Balaban J connectivity index is 2.60. The third-order valence-corrected chi connectivity index (χ3v) is 3.22. The van der Waals surface area contributed by atoms with Crippen LogP contribution in [0.2, 0.25) is 0 Å². The average Bonchev–Trinajstić information content (AvgIpc) is 2.40. The van der Waals surface area contributed by atoms with Gasteiger partial charge in [-0.05, 0) is 46.8 Å². The summed E-state index contributed by atoms with van der Waals surface area (Å²) in [6, 6.07) is 8.08. The molecule has 1 unspecified atom stereocenters. The molecular formula is C17H27NO3. The molecule has 1 atom stereocenters. The lowest BCUT2D eigenvalue weighted by Crippen LogP contribution is -2.54. The molecule has 118 valence electrons. The lowest BCUT2D eigenvalue weighted by atomic mass is 9.97. The van der Waals surface area contributed by atoms with Gasteiger partial charge in [0, 0.05) is 12.5 Å². The second-order valence-corrected chi connectivity index (χ2v) is 5.76. The normalized spacial score (nSPS) is 13.8. The summed E-state index contributed by atoms with van der Waals surface area (Å²) in [5.41, 5.74) is 0.467. The van der Waals surface area contributed by atoms with Crippen molar-refractivity contribution in [3.05, 3.63) is 29.8 Å². The molecule has 1 N–H and O–H groups in total. The Labute approximate surface area is 127 Å². The molecule has 1 rings (SSSR count). The van der Waals surface area contributed by atoms with Crippen LogP contribution in [0.1, 0.15) is 39.7 Å². The first-order chi connectivity index (χ1) is 9.87. The summed E-state index contributed by atoms with van der Waals surface area (Å²) in [6.07, 6.45) is 0.553. The van der Waals surface area contributed by atoms with Crippen molar-refractivity contribution in [2.45, 2.75) is 52.6 Å². The van der Waals surface area contributed by atoms with Crippen molar-refractivity contribution in [1.29, 1.82) is 0 Å². The number of esters is 1. The number of aryl methyl sites for hydroxylation is 1. The first kappa shape index (κ1) is 17.5. The van der Waals surface area contributed by atoms with Crippen LogP contribution in [0.25, 0.3) is 0 Å². The summed E-state index contributed by atoms with van der Waals surface area (Å²) < 4.78 is 10.9. The molecule has 0 aromatic heterocycles. The fraction of sp³-hybridized carbons (Fsp3) is 0.588. The predicted molar refractivity (Wildman–Crippen MR) is 84.6 cm³/mol. The number of carbonyl (C=O) groups excluding carboxylic acids is 1. The summed E-state index contributed by atoms with van der Waals surface area (Å²) in [5.74, 6) is 0.586. The topological polar surface area (TPSA) is 47.6 Å². The minimum absolute atomic E-state index is 0.193. The van der Waals surface area contributed by atoms with Gasteiger partial charge in [0.25, 0.3) is 0 Å². The Bertz CT molecular complexity index is 442. The monoisotopic (exact) mass is 293 g/mol. The number of ether oxygens (including phenoxy) is 2. The molecule has 0 saturated carbocycles. The van der Waals surface area contributed by atoms with Gasteiger partial charge in [0.1, 0.15) is 11.3 Å². The molecule has 4 nitrogen and oxygen atoms in total. The molecule has 4 heteroatoms. The van der Waals surface area contributed by atoms with Crippen LogP contribution in [-0.4, -0.2) is 30.8 Å². The van der Waals surface area contributed by atoms with E-state index in [-0.39, 0.29) is 12.0 Å².